The predicted octanol–water partition coefficient (Wildman–Crippen LogP) is 2.69. The SMILES string of the molecule is CCC(c1oc(=O)oc1C)C(C)C. The summed E-state index contributed by atoms with van der Waals surface area (Å²) < 4.78 is 9.83. The first kappa shape index (κ1) is 10.1. The van der Waals surface area contributed by atoms with Crippen molar-refractivity contribution >= 4 is 0 Å². The van der Waals surface area contributed by atoms with E-state index in [9.17, 15) is 4.79 Å². The van der Waals surface area contributed by atoms with Crippen molar-refractivity contribution in [2.24, 2.45) is 5.92 Å². The van der Waals surface area contributed by atoms with Crippen LogP contribution >= 0.6 is 0 Å². The maximum atomic E-state index is 10.8. The van der Waals surface area contributed by atoms with Gasteiger partial charge in [0.05, 0.1) is 0 Å². The minimum Gasteiger partial charge on any atom is -0.396 e. The molecule has 0 N–H and O–H groups in total. The molecule has 1 heterocycles. The highest BCUT2D eigenvalue weighted by Crippen LogP contribution is 2.29. The second kappa shape index (κ2) is 3.81. The number of hydrogen-bond acceptors (Lipinski definition) is 3. The third kappa shape index (κ3) is 2.02. The Balaban J connectivity index is 3.04. The van der Waals surface area contributed by atoms with Crippen LogP contribution in [-0.2, 0) is 0 Å². The van der Waals surface area contributed by atoms with Gasteiger partial charge < -0.3 is 8.83 Å². The zero-order valence-corrected chi connectivity index (χ0v) is 8.59. The Hall–Kier alpha value is -0.990. The lowest BCUT2D eigenvalue weighted by molar-refractivity contribution is 0.340. The summed E-state index contributed by atoms with van der Waals surface area (Å²) in [5, 5.41) is 0. The first-order valence-corrected chi connectivity index (χ1v) is 4.66. The van der Waals surface area contributed by atoms with Crippen molar-refractivity contribution in [2.75, 3.05) is 0 Å². The number of hydrogen-bond donors (Lipinski definition) is 0. The van der Waals surface area contributed by atoms with Crippen molar-refractivity contribution in [1.29, 1.82) is 0 Å². The van der Waals surface area contributed by atoms with Crippen molar-refractivity contribution in [3.8, 4) is 0 Å². The van der Waals surface area contributed by atoms with Gasteiger partial charge in [-0.3, -0.25) is 0 Å². The molecule has 0 aliphatic rings. The molecule has 0 saturated carbocycles. The molecule has 3 heteroatoms. The normalized spacial score (nSPS) is 13.6. The van der Waals surface area contributed by atoms with E-state index in [-0.39, 0.29) is 5.92 Å². The van der Waals surface area contributed by atoms with Crippen LogP contribution in [0.2, 0.25) is 0 Å². The lowest BCUT2D eigenvalue weighted by atomic mass is 9.90. The monoisotopic (exact) mass is 184 g/mol. The largest absolute Gasteiger partial charge is 0.519 e. The molecule has 1 atom stereocenters. The summed E-state index contributed by atoms with van der Waals surface area (Å²) in [7, 11) is 0. The van der Waals surface area contributed by atoms with Gasteiger partial charge >= 0.3 is 5.82 Å². The highest BCUT2D eigenvalue weighted by molar-refractivity contribution is 5.08. The average molecular weight is 184 g/mol. The van der Waals surface area contributed by atoms with E-state index in [1.807, 2.05) is 0 Å². The quantitative estimate of drug-likeness (QED) is 0.725. The zero-order chi connectivity index (χ0) is 10.0. The van der Waals surface area contributed by atoms with Crippen molar-refractivity contribution < 1.29 is 8.83 Å². The Kier molecular flexibility index (Phi) is 2.96. The third-order valence-corrected chi connectivity index (χ3v) is 2.36. The van der Waals surface area contributed by atoms with Gasteiger partial charge in [0.2, 0.25) is 0 Å². The Labute approximate surface area is 77.7 Å². The lowest BCUT2D eigenvalue weighted by Crippen LogP contribution is -2.05. The van der Waals surface area contributed by atoms with Crippen LogP contribution in [0.15, 0.2) is 13.6 Å². The lowest BCUT2D eigenvalue weighted by Gasteiger charge is -2.15. The van der Waals surface area contributed by atoms with Crippen LogP contribution in [-0.4, -0.2) is 0 Å². The van der Waals surface area contributed by atoms with Gasteiger partial charge in [-0.2, -0.15) is 0 Å². The standard InChI is InChI=1S/C10H16O3/c1-5-8(6(2)3)9-7(4)12-10(11)13-9/h6,8H,5H2,1-4H3. The molecule has 0 bridgehead atoms. The van der Waals surface area contributed by atoms with E-state index in [1.165, 1.54) is 0 Å². The van der Waals surface area contributed by atoms with Crippen LogP contribution in [0, 0.1) is 12.8 Å². The molecule has 3 nitrogen and oxygen atoms in total. The molecule has 1 aromatic heterocycles. The van der Waals surface area contributed by atoms with Gasteiger partial charge in [-0.1, -0.05) is 20.8 Å². The van der Waals surface area contributed by atoms with Gasteiger partial charge in [0, 0.05) is 5.92 Å². The molecule has 0 aliphatic carbocycles. The molecule has 0 aliphatic heterocycles. The Bertz CT molecular complexity index is 319. The van der Waals surface area contributed by atoms with Crippen LogP contribution < -0.4 is 5.82 Å². The fraction of sp³-hybridized carbons (Fsp3) is 0.700. The zero-order valence-electron chi connectivity index (χ0n) is 8.59. The van der Waals surface area contributed by atoms with Crippen LogP contribution in [0.5, 0.6) is 0 Å². The fourth-order valence-corrected chi connectivity index (χ4v) is 1.65. The first-order chi connectivity index (χ1) is 6.06. The maximum Gasteiger partial charge on any atom is 0.519 e. The Morgan fingerprint density at radius 3 is 2.23 bits per heavy atom. The summed E-state index contributed by atoms with van der Waals surface area (Å²) in [5.41, 5.74) is 0. The number of aryl methyl sites for hydroxylation is 1. The maximum absolute atomic E-state index is 10.8. The minimum atomic E-state index is -0.591. The summed E-state index contributed by atoms with van der Waals surface area (Å²) in [6.45, 7) is 8.07. The molecule has 1 rings (SSSR count). The molecule has 74 valence electrons. The van der Waals surface area contributed by atoms with Crippen LogP contribution in [0.1, 0.15) is 44.6 Å². The van der Waals surface area contributed by atoms with Crippen molar-refractivity contribution in [3.05, 3.63) is 22.1 Å². The Morgan fingerprint density at radius 2 is 1.92 bits per heavy atom. The van der Waals surface area contributed by atoms with Crippen LogP contribution in [0.25, 0.3) is 0 Å². The summed E-state index contributed by atoms with van der Waals surface area (Å²) in [6, 6.07) is 0. The smallest absolute Gasteiger partial charge is 0.396 e. The minimum absolute atomic E-state index is 0.284. The van der Waals surface area contributed by atoms with Crippen molar-refractivity contribution in [2.45, 2.75) is 40.0 Å². The summed E-state index contributed by atoms with van der Waals surface area (Å²) >= 11 is 0. The molecule has 1 unspecified atom stereocenters. The molecule has 13 heavy (non-hydrogen) atoms. The first-order valence-electron chi connectivity index (χ1n) is 4.66. The van der Waals surface area contributed by atoms with E-state index in [0.717, 1.165) is 6.42 Å². The molecule has 0 radical (unpaired) electrons. The third-order valence-electron chi connectivity index (χ3n) is 2.36. The molecule has 0 spiro atoms. The van der Waals surface area contributed by atoms with Gasteiger partial charge in [-0.15, -0.1) is 0 Å². The second-order valence-corrected chi connectivity index (χ2v) is 3.63. The highest BCUT2D eigenvalue weighted by atomic mass is 16.6. The molecule has 0 amide bonds. The molecule has 1 aromatic rings. The van der Waals surface area contributed by atoms with E-state index in [1.54, 1.807) is 6.92 Å². The molecule has 0 fully saturated rings. The van der Waals surface area contributed by atoms with Gasteiger partial charge in [-0.25, -0.2) is 4.79 Å². The van der Waals surface area contributed by atoms with Crippen LogP contribution in [0.4, 0.5) is 0 Å². The summed E-state index contributed by atoms with van der Waals surface area (Å²) in [5.74, 6) is 1.48. The Morgan fingerprint density at radius 1 is 1.31 bits per heavy atom. The van der Waals surface area contributed by atoms with Crippen molar-refractivity contribution in [3.63, 3.8) is 0 Å². The van der Waals surface area contributed by atoms with Gasteiger partial charge in [0.15, 0.2) is 5.76 Å². The average Bonchev–Trinajstić information content (AvgIpc) is 2.31. The van der Waals surface area contributed by atoms with E-state index in [0.29, 0.717) is 17.4 Å². The van der Waals surface area contributed by atoms with Gasteiger partial charge in [-0.05, 0) is 19.3 Å². The molecule has 0 aromatic carbocycles. The van der Waals surface area contributed by atoms with Gasteiger partial charge in [0.25, 0.3) is 0 Å². The molecule has 0 saturated heterocycles. The number of rotatable bonds is 3. The fourth-order valence-electron chi connectivity index (χ4n) is 1.65. The predicted molar refractivity (Wildman–Crippen MR) is 49.9 cm³/mol. The van der Waals surface area contributed by atoms with Crippen LogP contribution in [0.3, 0.4) is 0 Å². The van der Waals surface area contributed by atoms with E-state index < -0.39 is 5.82 Å². The van der Waals surface area contributed by atoms with E-state index in [2.05, 4.69) is 20.8 Å². The molecular formula is C10H16O3. The topological polar surface area (TPSA) is 43.4 Å². The van der Waals surface area contributed by atoms with Gasteiger partial charge in [0.1, 0.15) is 5.76 Å². The van der Waals surface area contributed by atoms with E-state index in [4.69, 9.17) is 8.83 Å². The molecular weight excluding hydrogens is 168 g/mol. The van der Waals surface area contributed by atoms with E-state index >= 15 is 0 Å². The summed E-state index contributed by atoms with van der Waals surface area (Å²) in [4.78, 5) is 10.8. The second-order valence-electron chi connectivity index (χ2n) is 3.63. The summed E-state index contributed by atoms with van der Waals surface area (Å²) in [6.07, 6.45) is 0.959. The highest BCUT2D eigenvalue weighted by Gasteiger charge is 2.21. The van der Waals surface area contributed by atoms with Crippen molar-refractivity contribution in [1.82, 2.24) is 0 Å².